The second kappa shape index (κ2) is 8.18. The summed E-state index contributed by atoms with van der Waals surface area (Å²) in [5.74, 6) is -0.405. The molecule has 0 radical (unpaired) electrons. The van der Waals surface area contributed by atoms with Gasteiger partial charge in [0.05, 0.1) is 10.9 Å². The molecule has 5 aromatic rings. The van der Waals surface area contributed by atoms with Crippen LogP contribution in [0, 0.1) is 15.3 Å². The summed E-state index contributed by atoms with van der Waals surface area (Å²) in [6.45, 7) is 1.79. The van der Waals surface area contributed by atoms with Crippen LogP contribution in [0.5, 0.6) is 0 Å². The van der Waals surface area contributed by atoms with Crippen LogP contribution in [-0.2, 0) is 0 Å². The monoisotopic (exact) mass is 559 g/mol. The molecule has 0 aliphatic rings. The van der Waals surface area contributed by atoms with E-state index in [1.54, 1.807) is 24.7 Å². The third-order valence-electron chi connectivity index (χ3n) is 5.44. The molecule has 0 spiro atoms. The van der Waals surface area contributed by atoms with Crippen LogP contribution in [0.25, 0.3) is 33.1 Å². The van der Waals surface area contributed by atoms with Gasteiger partial charge in [0.15, 0.2) is 5.65 Å². The van der Waals surface area contributed by atoms with Crippen molar-refractivity contribution >= 4 is 50.4 Å². The van der Waals surface area contributed by atoms with E-state index in [1.165, 1.54) is 42.7 Å². The molecule has 1 atom stereocenters. The molecule has 3 heterocycles. The van der Waals surface area contributed by atoms with Crippen LogP contribution in [0.2, 0.25) is 0 Å². The summed E-state index contributed by atoms with van der Waals surface area (Å²) in [7, 11) is 1.75. The number of benzene rings is 2. The molecule has 5 rings (SSSR count). The van der Waals surface area contributed by atoms with Crippen LogP contribution < -0.4 is 10.7 Å². The lowest BCUT2D eigenvalue weighted by Gasteiger charge is -2.17. The number of halogens is 3. The highest BCUT2D eigenvalue weighted by Gasteiger charge is 2.27. The molecular weight excluding hydrogens is 543 g/mol. The molecule has 0 amide bonds. The molecule has 0 aliphatic heterocycles. The SMILES string of the molecule is CNc1ncnc2c1c(I)nn2C(C)c1oc2cccc(F)c2c(=O)c1-c1cccc(F)c1. The van der Waals surface area contributed by atoms with Gasteiger partial charge in [-0.15, -0.1) is 0 Å². The summed E-state index contributed by atoms with van der Waals surface area (Å²) in [6, 6.07) is 9.13. The molecule has 3 aromatic heterocycles. The molecule has 1 unspecified atom stereocenters. The summed E-state index contributed by atoms with van der Waals surface area (Å²) in [5, 5.41) is 8.15. The number of hydrogen-bond donors (Lipinski definition) is 1. The predicted molar refractivity (Wildman–Crippen MR) is 129 cm³/mol. The normalized spacial score (nSPS) is 12.4. The molecule has 0 saturated carbocycles. The van der Waals surface area contributed by atoms with Crippen molar-refractivity contribution in [2.75, 3.05) is 12.4 Å². The number of nitrogens with one attached hydrogen (secondary N) is 1. The second-order valence-corrected chi connectivity index (χ2v) is 8.40. The Labute approximate surface area is 199 Å². The number of nitrogens with zero attached hydrogens (tertiary/aromatic N) is 4. The molecule has 2 aromatic carbocycles. The van der Waals surface area contributed by atoms with Crippen molar-refractivity contribution in [2.24, 2.45) is 0 Å². The summed E-state index contributed by atoms with van der Waals surface area (Å²) in [5.41, 5.74) is 0.393. The van der Waals surface area contributed by atoms with Crippen molar-refractivity contribution in [1.29, 1.82) is 0 Å². The molecule has 10 heteroatoms. The van der Waals surface area contributed by atoms with E-state index in [-0.39, 0.29) is 27.9 Å². The van der Waals surface area contributed by atoms with Gasteiger partial charge in [-0.1, -0.05) is 18.2 Å². The Morgan fingerprint density at radius 2 is 1.91 bits per heavy atom. The summed E-state index contributed by atoms with van der Waals surface area (Å²) < 4.78 is 37.0. The Morgan fingerprint density at radius 1 is 1.12 bits per heavy atom. The van der Waals surface area contributed by atoms with Gasteiger partial charge in [-0.3, -0.25) is 4.79 Å². The number of hydrogen-bond acceptors (Lipinski definition) is 6. The van der Waals surface area contributed by atoms with Gasteiger partial charge < -0.3 is 9.73 Å². The first kappa shape index (κ1) is 21.4. The summed E-state index contributed by atoms with van der Waals surface area (Å²) >= 11 is 2.09. The molecule has 7 nitrogen and oxygen atoms in total. The van der Waals surface area contributed by atoms with Gasteiger partial charge in [0.25, 0.3) is 0 Å². The van der Waals surface area contributed by atoms with Crippen molar-refractivity contribution in [2.45, 2.75) is 13.0 Å². The van der Waals surface area contributed by atoms with Crippen LogP contribution in [0.1, 0.15) is 18.7 Å². The van der Waals surface area contributed by atoms with Gasteiger partial charge in [0.2, 0.25) is 5.43 Å². The summed E-state index contributed by atoms with van der Waals surface area (Å²) in [4.78, 5) is 22.1. The first-order valence-corrected chi connectivity index (χ1v) is 11.1. The minimum atomic E-state index is -0.705. The molecule has 0 saturated heterocycles. The van der Waals surface area contributed by atoms with Crippen LogP contribution in [0.4, 0.5) is 14.6 Å². The smallest absolute Gasteiger partial charge is 0.203 e. The Bertz CT molecular complexity index is 1600. The maximum atomic E-state index is 14.6. The van der Waals surface area contributed by atoms with Crippen molar-refractivity contribution in [3.63, 3.8) is 0 Å². The average Bonchev–Trinajstić information content (AvgIpc) is 3.15. The minimum absolute atomic E-state index is 0.0705. The highest BCUT2D eigenvalue weighted by molar-refractivity contribution is 14.1. The highest BCUT2D eigenvalue weighted by Crippen LogP contribution is 2.34. The zero-order valence-corrected chi connectivity index (χ0v) is 19.6. The third-order valence-corrected chi connectivity index (χ3v) is 6.19. The minimum Gasteiger partial charge on any atom is -0.458 e. The van der Waals surface area contributed by atoms with Gasteiger partial charge in [-0.2, -0.15) is 5.10 Å². The Morgan fingerprint density at radius 3 is 2.67 bits per heavy atom. The first-order chi connectivity index (χ1) is 15.9. The standard InChI is InChI=1S/C23H16F2IN5O2/c1-11(31-23-18(21(26)30-31)22(27-2)28-10-29-23)20-16(12-5-3-6-13(24)9-12)19(32)17-14(25)7-4-8-15(17)33-20/h3-11H,1-2H3,(H,27,28,29). The molecule has 166 valence electrons. The summed E-state index contributed by atoms with van der Waals surface area (Å²) in [6.07, 6.45) is 1.41. The Balaban J connectivity index is 1.84. The van der Waals surface area contributed by atoms with Gasteiger partial charge in [-0.05, 0) is 59.3 Å². The molecular formula is C23H16F2IN5O2. The Hall–Kier alpha value is -3.41. The van der Waals surface area contributed by atoms with Crippen molar-refractivity contribution in [1.82, 2.24) is 19.7 Å². The topological polar surface area (TPSA) is 85.8 Å². The maximum Gasteiger partial charge on any atom is 0.203 e. The Kier molecular flexibility index (Phi) is 5.31. The van der Waals surface area contributed by atoms with Crippen molar-refractivity contribution in [3.8, 4) is 11.1 Å². The van der Waals surface area contributed by atoms with E-state index in [2.05, 4.69) is 43.0 Å². The lowest BCUT2D eigenvalue weighted by atomic mass is 9.99. The zero-order valence-electron chi connectivity index (χ0n) is 17.4. The van der Waals surface area contributed by atoms with Gasteiger partial charge in [-0.25, -0.2) is 23.4 Å². The fraction of sp³-hybridized carbons (Fsp3) is 0.130. The van der Waals surface area contributed by atoms with E-state index in [0.29, 0.717) is 20.6 Å². The maximum absolute atomic E-state index is 14.6. The first-order valence-electron chi connectivity index (χ1n) is 9.98. The molecule has 33 heavy (non-hydrogen) atoms. The number of anilines is 1. The lowest BCUT2D eigenvalue weighted by Crippen LogP contribution is -2.17. The van der Waals surface area contributed by atoms with Gasteiger partial charge in [0, 0.05) is 7.05 Å². The van der Waals surface area contributed by atoms with Crippen LogP contribution >= 0.6 is 22.6 Å². The largest absolute Gasteiger partial charge is 0.458 e. The molecule has 0 fully saturated rings. The van der Waals surface area contributed by atoms with E-state index in [1.807, 2.05) is 0 Å². The zero-order chi connectivity index (χ0) is 23.3. The van der Waals surface area contributed by atoms with Crippen molar-refractivity contribution in [3.05, 3.63) is 80.1 Å². The number of fused-ring (bicyclic) bond motifs is 2. The average molecular weight is 559 g/mol. The van der Waals surface area contributed by atoms with E-state index < -0.39 is 23.1 Å². The predicted octanol–water partition coefficient (Wildman–Crippen LogP) is 5.13. The van der Waals surface area contributed by atoms with Gasteiger partial charge >= 0.3 is 0 Å². The highest BCUT2D eigenvalue weighted by atomic mass is 127. The fourth-order valence-electron chi connectivity index (χ4n) is 3.93. The molecule has 0 aliphatic carbocycles. The van der Waals surface area contributed by atoms with Crippen LogP contribution in [-0.4, -0.2) is 26.8 Å². The fourth-order valence-corrected chi connectivity index (χ4v) is 4.66. The lowest BCUT2D eigenvalue weighted by molar-refractivity contribution is 0.443. The molecule has 1 N–H and O–H groups in total. The third kappa shape index (κ3) is 3.45. The number of aromatic nitrogens is 4. The van der Waals surface area contributed by atoms with Crippen LogP contribution in [0.15, 0.2) is 58.0 Å². The quantitative estimate of drug-likeness (QED) is 0.308. The van der Waals surface area contributed by atoms with E-state index in [4.69, 9.17) is 4.42 Å². The van der Waals surface area contributed by atoms with E-state index in [9.17, 15) is 13.6 Å². The van der Waals surface area contributed by atoms with E-state index in [0.717, 1.165) is 0 Å². The second-order valence-electron chi connectivity index (χ2n) is 7.38. The van der Waals surface area contributed by atoms with Gasteiger partial charge in [0.1, 0.15) is 50.3 Å². The van der Waals surface area contributed by atoms with Crippen molar-refractivity contribution < 1.29 is 13.2 Å². The van der Waals surface area contributed by atoms with Crippen LogP contribution in [0.3, 0.4) is 0 Å². The molecule has 0 bridgehead atoms. The number of rotatable bonds is 4. The van der Waals surface area contributed by atoms with E-state index >= 15 is 0 Å².